The number of hydrogen-bond acceptors (Lipinski definition) is 9. The summed E-state index contributed by atoms with van der Waals surface area (Å²) in [6.07, 6.45) is 0.818. The maximum atomic E-state index is 12.3. The van der Waals surface area contributed by atoms with Gasteiger partial charge in [-0.2, -0.15) is 0 Å². The van der Waals surface area contributed by atoms with Gasteiger partial charge in [-0.25, -0.2) is 9.97 Å². The first kappa shape index (κ1) is 25.0. The van der Waals surface area contributed by atoms with Gasteiger partial charge >= 0.3 is 0 Å². The summed E-state index contributed by atoms with van der Waals surface area (Å²) < 4.78 is 5.49. The number of aliphatic imine (C=N–C) groups is 1. The molecule has 0 aliphatic heterocycles. The van der Waals surface area contributed by atoms with Crippen molar-refractivity contribution in [2.45, 2.75) is 25.6 Å². The van der Waals surface area contributed by atoms with Crippen molar-refractivity contribution < 1.29 is 19.7 Å². The molecule has 0 radical (unpaired) electrons. The van der Waals surface area contributed by atoms with E-state index in [4.69, 9.17) is 43.8 Å². The molecule has 180 valence electrons. The molecule has 12 heteroatoms. The van der Waals surface area contributed by atoms with E-state index < -0.39 is 12.2 Å². The molecule has 9 N–H and O–H groups in total. The number of rotatable bonds is 9. The topological polar surface area (TPSA) is 195 Å². The van der Waals surface area contributed by atoms with E-state index in [2.05, 4.69) is 20.3 Å². The number of halogens is 1. The van der Waals surface area contributed by atoms with Crippen molar-refractivity contribution in [1.29, 1.82) is 0 Å². The van der Waals surface area contributed by atoms with Crippen LogP contribution in [0.15, 0.2) is 41.4 Å². The van der Waals surface area contributed by atoms with Gasteiger partial charge in [0.15, 0.2) is 34.7 Å². The second-order valence-corrected chi connectivity index (χ2v) is 7.73. The number of aryl methyl sites for hydroxylation is 1. The average Bonchev–Trinajstić information content (AvgIpc) is 2.80. The van der Waals surface area contributed by atoms with Gasteiger partial charge < -0.3 is 32.2 Å². The third-order valence-corrected chi connectivity index (χ3v) is 5.14. The van der Waals surface area contributed by atoms with Crippen LogP contribution in [0, 0.1) is 0 Å². The summed E-state index contributed by atoms with van der Waals surface area (Å²) >= 11 is 5.79. The molecule has 0 unspecified atom stereocenters. The number of benzene rings is 2. The molecular formula is C22H26ClN7O4. The number of aliphatic hydroxyl groups excluding tert-OH is 1. The van der Waals surface area contributed by atoms with Crippen molar-refractivity contribution in [3.63, 3.8) is 0 Å². The Labute approximate surface area is 200 Å². The minimum atomic E-state index is -1.54. The van der Waals surface area contributed by atoms with E-state index in [-0.39, 0.29) is 35.0 Å². The van der Waals surface area contributed by atoms with E-state index in [1.54, 1.807) is 0 Å². The monoisotopic (exact) mass is 487 g/mol. The Bertz CT molecular complexity index is 1200. The van der Waals surface area contributed by atoms with Gasteiger partial charge in [-0.3, -0.25) is 15.1 Å². The Kier molecular flexibility index (Phi) is 8.41. The van der Waals surface area contributed by atoms with Crippen molar-refractivity contribution in [2.24, 2.45) is 10.7 Å². The largest absolute Gasteiger partial charge is 0.488 e. The van der Waals surface area contributed by atoms with E-state index in [9.17, 15) is 4.79 Å². The number of aromatic nitrogens is 2. The van der Waals surface area contributed by atoms with Crippen LogP contribution >= 0.6 is 11.6 Å². The minimum Gasteiger partial charge on any atom is -0.488 e. The Balaban J connectivity index is 1.54. The lowest BCUT2D eigenvalue weighted by atomic mass is 9.99. The molecule has 0 aliphatic carbocycles. The van der Waals surface area contributed by atoms with Crippen LogP contribution < -0.4 is 27.3 Å². The fraction of sp³-hybridized carbons (Fsp3) is 0.273. The van der Waals surface area contributed by atoms with Gasteiger partial charge in [0.05, 0.1) is 0 Å². The average molecular weight is 488 g/mol. The van der Waals surface area contributed by atoms with Crippen molar-refractivity contribution in [1.82, 2.24) is 15.3 Å². The third kappa shape index (κ3) is 6.44. The summed E-state index contributed by atoms with van der Waals surface area (Å²) in [5.41, 5.74) is 17.9. The van der Waals surface area contributed by atoms with Gasteiger partial charge in [-0.15, -0.1) is 0 Å². The molecule has 0 saturated carbocycles. The van der Waals surface area contributed by atoms with Gasteiger partial charge in [0.1, 0.15) is 12.4 Å². The second kappa shape index (κ2) is 11.5. The molecule has 0 atom stereocenters. The first-order chi connectivity index (χ1) is 16.3. The number of carbonyl (C=O) groups excluding carboxylic acids is 1. The summed E-state index contributed by atoms with van der Waals surface area (Å²) in [4.78, 5) is 24.0. The lowest BCUT2D eigenvalue weighted by Crippen LogP contribution is -2.38. The highest BCUT2D eigenvalue weighted by Crippen LogP contribution is 2.29. The number of guanidine groups is 1. The molecule has 3 rings (SSSR count). The summed E-state index contributed by atoms with van der Waals surface area (Å²) in [5.74, 6) is -0.402. The Morgan fingerprint density at radius 1 is 1.09 bits per heavy atom. The summed E-state index contributed by atoms with van der Waals surface area (Å²) in [7, 11) is 0. The van der Waals surface area contributed by atoms with E-state index in [0.717, 1.165) is 35.6 Å². The van der Waals surface area contributed by atoms with Crippen LogP contribution in [0.3, 0.4) is 0 Å². The van der Waals surface area contributed by atoms with Crippen LogP contribution in [-0.4, -0.2) is 51.5 Å². The van der Waals surface area contributed by atoms with Crippen molar-refractivity contribution in [2.75, 3.05) is 24.6 Å². The number of nitrogen functional groups attached to an aromatic ring is 2. The Morgan fingerprint density at radius 2 is 1.82 bits per heavy atom. The normalized spacial score (nSPS) is 11.7. The first-order valence-electron chi connectivity index (χ1n) is 10.5. The minimum absolute atomic E-state index is 0.0721. The zero-order chi connectivity index (χ0) is 24.7. The molecule has 2 aromatic carbocycles. The number of aliphatic hydroxyl groups is 2. The predicted octanol–water partition coefficient (Wildman–Crippen LogP) is 1.20. The summed E-state index contributed by atoms with van der Waals surface area (Å²) in [6, 6.07) is 11.5. The number of amides is 1. The number of nitrogens with one attached hydrogen (secondary N) is 1. The van der Waals surface area contributed by atoms with Gasteiger partial charge in [0.2, 0.25) is 0 Å². The Morgan fingerprint density at radius 3 is 2.56 bits per heavy atom. The molecule has 0 spiro atoms. The van der Waals surface area contributed by atoms with Gasteiger partial charge in [0, 0.05) is 11.9 Å². The molecule has 0 fully saturated rings. The maximum Gasteiger partial charge on any atom is 0.280 e. The standard InChI is InChI=1S/C22H26ClN7O4/c23-18-20(25)29-19(24)17(28-18)21(33)30-22(26)27-10-4-3-5-12-8-9-15(34-11-16(31)32)14-7-2-1-6-13(12)14/h1-2,6-9,16,31-32H,3-5,10-11H2,(H4,24,25,29)(H3,26,27,30,33). The molecule has 0 saturated heterocycles. The SMILES string of the molecule is NC(=NCCCCc1ccc(OCC(O)O)c2ccccc12)NC(=O)c1nc(Cl)c(N)nc1N. The highest BCUT2D eigenvalue weighted by Gasteiger charge is 2.16. The number of carbonyl (C=O) groups is 1. The highest BCUT2D eigenvalue weighted by molar-refractivity contribution is 6.31. The van der Waals surface area contributed by atoms with Crippen LogP contribution in [-0.2, 0) is 6.42 Å². The number of anilines is 2. The molecule has 11 nitrogen and oxygen atoms in total. The smallest absolute Gasteiger partial charge is 0.280 e. The zero-order valence-corrected chi connectivity index (χ0v) is 19.0. The number of ether oxygens (including phenoxy) is 1. The molecule has 34 heavy (non-hydrogen) atoms. The van der Waals surface area contributed by atoms with Crippen LogP contribution in [0.25, 0.3) is 10.8 Å². The van der Waals surface area contributed by atoms with Crippen LogP contribution in [0.1, 0.15) is 28.9 Å². The molecule has 0 bridgehead atoms. The predicted molar refractivity (Wildman–Crippen MR) is 130 cm³/mol. The van der Waals surface area contributed by atoms with Crippen LogP contribution in [0.5, 0.6) is 5.75 Å². The van der Waals surface area contributed by atoms with E-state index in [0.29, 0.717) is 12.3 Å². The first-order valence-corrected chi connectivity index (χ1v) is 10.8. The number of hydrogen-bond donors (Lipinski definition) is 6. The lowest BCUT2D eigenvalue weighted by molar-refractivity contribution is -0.0677. The molecule has 1 heterocycles. The summed E-state index contributed by atoms with van der Waals surface area (Å²) in [6.45, 7) is 0.202. The summed E-state index contributed by atoms with van der Waals surface area (Å²) in [5, 5.41) is 22.3. The third-order valence-electron chi connectivity index (χ3n) is 4.86. The van der Waals surface area contributed by atoms with Crippen LogP contribution in [0.2, 0.25) is 5.15 Å². The van der Waals surface area contributed by atoms with Gasteiger partial charge in [0.25, 0.3) is 5.91 Å². The van der Waals surface area contributed by atoms with Crippen LogP contribution in [0.4, 0.5) is 11.6 Å². The quantitative estimate of drug-likeness (QED) is 0.111. The van der Waals surface area contributed by atoms with E-state index in [1.807, 2.05) is 36.4 Å². The van der Waals surface area contributed by atoms with Crippen molar-refractivity contribution >= 4 is 45.9 Å². The second-order valence-electron chi connectivity index (χ2n) is 7.37. The molecule has 1 amide bonds. The molecular weight excluding hydrogens is 462 g/mol. The number of nitrogens with zero attached hydrogens (tertiary/aromatic N) is 3. The molecule has 0 aliphatic rings. The fourth-order valence-electron chi connectivity index (χ4n) is 3.29. The fourth-order valence-corrected chi connectivity index (χ4v) is 3.42. The van der Waals surface area contributed by atoms with Crippen molar-refractivity contribution in [3.8, 4) is 5.75 Å². The zero-order valence-electron chi connectivity index (χ0n) is 18.2. The van der Waals surface area contributed by atoms with Gasteiger partial charge in [-0.1, -0.05) is 41.9 Å². The van der Waals surface area contributed by atoms with E-state index in [1.165, 1.54) is 0 Å². The molecule has 1 aromatic heterocycles. The van der Waals surface area contributed by atoms with Gasteiger partial charge in [-0.05, 0) is 36.3 Å². The number of nitrogens with two attached hydrogens (primary N) is 3. The highest BCUT2D eigenvalue weighted by atomic mass is 35.5. The number of unbranched alkanes of at least 4 members (excludes halogenated alkanes) is 1. The molecule has 3 aromatic rings. The maximum absolute atomic E-state index is 12.3. The Hall–Kier alpha value is -3.67. The number of fused-ring (bicyclic) bond motifs is 1. The van der Waals surface area contributed by atoms with Crippen molar-refractivity contribution in [3.05, 3.63) is 52.8 Å². The van der Waals surface area contributed by atoms with E-state index >= 15 is 0 Å². The lowest BCUT2D eigenvalue weighted by Gasteiger charge is -2.13.